The van der Waals surface area contributed by atoms with Crippen molar-refractivity contribution in [1.82, 2.24) is 14.9 Å². The molecule has 5 heterocycles. The van der Waals surface area contributed by atoms with Crippen molar-refractivity contribution < 1.29 is 19.0 Å². The number of nitrogens with one attached hydrogen (secondary N) is 1. The number of nitrogens with zero attached hydrogens (tertiary/aromatic N) is 2. The number of aromatic nitrogens is 2. The highest BCUT2D eigenvalue weighted by molar-refractivity contribution is 5.94. The van der Waals surface area contributed by atoms with Gasteiger partial charge in [-0.25, -0.2) is 14.2 Å². The molecule has 0 bridgehead atoms. The van der Waals surface area contributed by atoms with Gasteiger partial charge in [0.05, 0.1) is 29.0 Å². The largest absolute Gasteiger partial charge is 0.458 e. The fourth-order valence-electron chi connectivity index (χ4n) is 6.95. The van der Waals surface area contributed by atoms with E-state index in [0.717, 1.165) is 48.9 Å². The van der Waals surface area contributed by atoms with Crippen molar-refractivity contribution >= 4 is 16.9 Å². The van der Waals surface area contributed by atoms with Crippen molar-refractivity contribution in [2.45, 2.75) is 63.7 Å². The van der Waals surface area contributed by atoms with E-state index in [9.17, 15) is 19.1 Å². The second kappa shape index (κ2) is 6.77. The van der Waals surface area contributed by atoms with Crippen molar-refractivity contribution in [3.8, 4) is 11.4 Å². The Kier molecular flexibility index (Phi) is 4.10. The molecular weight excluding hydrogens is 449 g/mol. The number of hydrogen-bond acceptors (Lipinski definition) is 6. The van der Waals surface area contributed by atoms with Crippen molar-refractivity contribution in [3.05, 3.63) is 61.7 Å². The van der Waals surface area contributed by atoms with Gasteiger partial charge >= 0.3 is 5.97 Å². The molecule has 1 aromatic carbocycles. The fraction of sp³-hybridized carbons (Fsp3) is 0.444. The predicted molar refractivity (Wildman–Crippen MR) is 127 cm³/mol. The van der Waals surface area contributed by atoms with Crippen LogP contribution in [-0.2, 0) is 40.1 Å². The van der Waals surface area contributed by atoms with Crippen LogP contribution in [0.4, 0.5) is 4.39 Å². The van der Waals surface area contributed by atoms with Crippen LogP contribution in [0.25, 0.3) is 22.3 Å². The first kappa shape index (κ1) is 21.2. The zero-order valence-electron chi connectivity index (χ0n) is 19.8. The molecule has 1 saturated heterocycles. The van der Waals surface area contributed by atoms with Crippen molar-refractivity contribution in [3.63, 3.8) is 0 Å². The number of pyridine rings is 2. The Morgan fingerprint density at radius 1 is 1.23 bits per heavy atom. The molecule has 1 aliphatic carbocycles. The Balaban J connectivity index is 1.58. The molecule has 0 unspecified atom stereocenters. The number of aryl methyl sites for hydroxylation is 1. The zero-order chi connectivity index (χ0) is 24.3. The molecule has 3 aromatic rings. The summed E-state index contributed by atoms with van der Waals surface area (Å²) in [4.78, 5) is 31.0. The van der Waals surface area contributed by atoms with Crippen molar-refractivity contribution in [2.24, 2.45) is 0 Å². The van der Waals surface area contributed by atoms with Crippen LogP contribution in [0.1, 0.15) is 59.6 Å². The molecule has 3 aliphatic heterocycles. The molecule has 0 radical (unpaired) electrons. The Morgan fingerprint density at radius 2 is 2.06 bits per heavy atom. The molecule has 180 valence electrons. The summed E-state index contributed by atoms with van der Waals surface area (Å²) in [6.07, 6.45) is 2.80. The van der Waals surface area contributed by atoms with E-state index < -0.39 is 11.6 Å². The smallest absolute Gasteiger partial charge is 0.343 e. The second-order valence-electron chi connectivity index (χ2n) is 10.5. The lowest BCUT2D eigenvalue weighted by molar-refractivity contribution is -0.172. The molecule has 0 amide bonds. The number of rotatable bonds is 1. The topological polar surface area (TPSA) is 93.5 Å². The number of carbonyl (C=O) groups excluding carboxylic acids is 1. The number of benzene rings is 1. The zero-order valence-corrected chi connectivity index (χ0v) is 19.8. The minimum Gasteiger partial charge on any atom is -0.458 e. The standard InChI is InChI=1S/C27H26FN3O4/c1-3-27(34)17-8-20-23-15(10-31(20)24(32)16(17)11-35-25(27)33)22-21-14(4-5-26(22)6-7-29-12-26)13(2)18(28)9-19(21)30-23/h8-9,29,34H,3-7,10-12H2,1-2H3/t26-,27-/m0/s1. The summed E-state index contributed by atoms with van der Waals surface area (Å²) in [5.74, 6) is -1.01. The summed E-state index contributed by atoms with van der Waals surface area (Å²) in [6, 6.07) is 3.24. The molecule has 2 N–H and O–H groups in total. The number of ether oxygens (including phenoxy) is 1. The lowest BCUT2D eigenvalue weighted by Crippen LogP contribution is -2.44. The Bertz CT molecular complexity index is 1550. The number of halogens is 1. The number of hydrogen-bond donors (Lipinski definition) is 2. The van der Waals surface area contributed by atoms with Gasteiger partial charge in [0.2, 0.25) is 0 Å². The maximum atomic E-state index is 15.0. The maximum absolute atomic E-state index is 15.0. The Morgan fingerprint density at radius 3 is 2.80 bits per heavy atom. The first-order valence-electron chi connectivity index (χ1n) is 12.3. The highest BCUT2D eigenvalue weighted by Gasteiger charge is 2.47. The van der Waals surface area contributed by atoms with Gasteiger partial charge in [0, 0.05) is 34.5 Å². The van der Waals surface area contributed by atoms with E-state index in [1.54, 1.807) is 17.6 Å². The fourth-order valence-corrected chi connectivity index (χ4v) is 6.95. The minimum absolute atomic E-state index is 0.0863. The lowest BCUT2D eigenvalue weighted by atomic mass is 9.67. The van der Waals surface area contributed by atoms with E-state index in [1.165, 1.54) is 11.6 Å². The van der Waals surface area contributed by atoms with Gasteiger partial charge in [-0.15, -0.1) is 0 Å². The molecular formula is C27H26FN3O4. The highest BCUT2D eigenvalue weighted by Crippen LogP contribution is 2.50. The van der Waals surface area contributed by atoms with Crippen molar-refractivity contribution in [2.75, 3.05) is 13.1 Å². The van der Waals surface area contributed by atoms with Crippen LogP contribution in [0.5, 0.6) is 0 Å². The van der Waals surface area contributed by atoms with Gasteiger partial charge in [0.1, 0.15) is 12.4 Å². The van der Waals surface area contributed by atoms with Crippen LogP contribution in [0.2, 0.25) is 0 Å². The maximum Gasteiger partial charge on any atom is 0.343 e. The lowest BCUT2D eigenvalue weighted by Gasteiger charge is -2.37. The van der Waals surface area contributed by atoms with Gasteiger partial charge in [-0.2, -0.15) is 0 Å². The molecule has 1 fully saturated rings. The molecule has 8 heteroatoms. The van der Waals surface area contributed by atoms with E-state index in [-0.39, 0.29) is 29.8 Å². The van der Waals surface area contributed by atoms with Crippen LogP contribution in [0.3, 0.4) is 0 Å². The molecule has 1 spiro atoms. The monoisotopic (exact) mass is 475 g/mol. The van der Waals surface area contributed by atoms with Crippen LogP contribution < -0.4 is 10.9 Å². The highest BCUT2D eigenvalue weighted by atomic mass is 19.1. The average Bonchev–Trinajstić information content (AvgIpc) is 3.46. The van der Waals surface area contributed by atoms with E-state index >= 15 is 0 Å². The number of carbonyl (C=O) groups is 1. The summed E-state index contributed by atoms with van der Waals surface area (Å²) in [7, 11) is 0. The Labute approximate surface area is 200 Å². The first-order chi connectivity index (χ1) is 16.8. The molecule has 7 nitrogen and oxygen atoms in total. The Hall–Kier alpha value is -3.10. The summed E-state index contributed by atoms with van der Waals surface area (Å²) in [6.45, 7) is 5.49. The molecule has 7 rings (SSSR count). The summed E-state index contributed by atoms with van der Waals surface area (Å²) < 4.78 is 21.8. The van der Waals surface area contributed by atoms with Crippen molar-refractivity contribution in [1.29, 1.82) is 0 Å². The van der Waals surface area contributed by atoms with E-state index in [1.807, 2.05) is 6.92 Å². The molecule has 0 saturated carbocycles. The summed E-state index contributed by atoms with van der Waals surface area (Å²) >= 11 is 0. The van der Waals surface area contributed by atoms with Crippen LogP contribution >= 0.6 is 0 Å². The summed E-state index contributed by atoms with van der Waals surface area (Å²) in [5, 5.41) is 15.7. The molecule has 4 aliphatic rings. The first-order valence-corrected chi connectivity index (χ1v) is 12.3. The van der Waals surface area contributed by atoms with E-state index in [4.69, 9.17) is 9.72 Å². The number of cyclic esters (lactones) is 1. The van der Waals surface area contributed by atoms with E-state index in [2.05, 4.69) is 5.32 Å². The quantitative estimate of drug-likeness (QED) is 0.411. The van der Waals surface area contributed by atoms with E-state index in [0.29, 0.717) is 40.1 Å². The van der Waals surface area contributed by atoms with Crippen LogP contribution in [-0.4, -0.2) is 33.7 Å². The van der Waals surface area contributed by atoms with Gasteiger partial charge in [0.25, 0.3) is 5.56 Å². The van der Waals surface area contributed by atoms with Gasteiger partial charge in [-0.3, -0.25) is 4.79 Å². The van der Waals surface area contributed by atoms with Gasteiger partial charge in [-0.05, 0) is 61.9 Å². The van der Waals surface area contributed by atoms with Crippen LogP contribution in [0, 0.1) is 12.7 Å². The number of aliphatic hydroxyl groups is 1. The summed E-state index contributed by atoms with van der Waals surface area (Å²) in [5.41, 5.74) is 4.07. The third kappa shape index (κ3) is 2.49. The molecule has 2 atom stereocenters. The number of fused-ring (bicyclic) bond motifs is 6. The predicted octanol–water partition coefficient (Wildman–Crippen LogP) is 2.70. The second-order valence-corrected chi connectivity index (χ2v) is 10.5. The average molecular weight is 476 g/mol. The normalized spacial score (nSPS) is 26.1. The van der Waals surface area contributed by atoms with Gasteiger partial charge < -0.3 is 19.7 Å². The number of esters is 1. The minimum atomic E-state index is -1.87. The third-order valence-corrected chi connectivity index (χ3v) is 8.93. The molecule has 35 heavy (non-hydrogen) atoms. The SMILES string of the molecule is CC[C@@]1(O)C(=O)OCc2c1cc1n(c2=O)Cc2c-1nc1cc(F)c(C)c3c1c2[C@]1(CCNC1)CC3. The van der Waals surface area contributed by atoms with Crippen LogP contribution in [0.15, 0.2) is 16.9 Å². The van der Waals surface area contributed by atoms with Gasteiger partial charge in [0.15, 0.2) is 5.60 Å². The molecule has 2 aromatic heterocycles. The third-order valence-electron chi connectivity index (χ3n) is 8.93. The van der Waals surface area contributed by atoms with Gasteiger partial charge in [-0.1, -0.05) is 6.92 Å².